The number of hydrogen-bond donors (Lipinski definition) is 1. The van der Waals surface area contributed by atoms with E-state index >= 15 is 8.42 Å². The van der Waals surface area contributed by atoms with Gasteiger partial charge in [-0.2, -0.15) is 9.10 Å². The number of tetrazole rings is 1. The molecule has 18 heteroatoms. The molecule has 1 aromatic heterocycles. The molecule has 304 valence electrons. The molecule has 57 heavy (non-hydrogen) atoms. The lowest BCUT2D eigenvalue weighted by Crippen LogP contribution is -2.41. The normalized spacial score (nSPS) is 12.6. The lowest BCUT2D eigenvalue weighted by Gasteiger charge is -2.26. The van der Waals surface area contributed by atoms with Gasteiger partial charge >= 0.3 is 6.09 Å². The zero-order valence-electron chi connectivity index (χ0n) is 32.6. The van der Waals surface area contributed by atoms with Gasteiger partial charge in [0.1, 0.15) is 27.7 Å². The minimum atomic E-state index is -4.74. The summed E-state index contributed by atoms with van der Waals surface area (Å²) in [4.78, 5) is 12.9. The Bertz CT molecular complexity index is 2340. The van der Waals surface area contributed by atoms with Crippen molar-refractivity contribution < 1.29 is 40.6 Å². The molecule has 0 radical (unpaired) electrons. The number of carbonyl (C=O) groups is 1. The van der Waals surface area contributed by atoms with Gasteiger partial charge in [0.15, 0.2) is 9.84 Å². The van der Waals surface area contributed by atoms with Gasteiger partial charge in [-0.25, -0.2) is 21.6 Å². The Balaban J connectivity index is 1.66. The van der Waals surface area contributed by atoms with Crippen LogP contribution in [0.3, 0.4) is 0 Å². The van der Waals surface area contributed by atoms with Crippen LogP contribution in [0.4, 0.5) is 4.79 Å². The summed E-state index contributed by atoms with van der Waals surface area (Å²) in [7, 11) is -4.58. The van der Waals surface area contributed by atoms with E-state index in [-0.39, 0.29) is 31.0 Å². The van der Waals surface area contributed by atoms with E-state index in [9.17, 15) is 13.2 Å². The van der Waals surface area contributed by atoms with Crippen molar-refractivity contribution in [2.75, 3.05) is 27.1 Å². The molecule has 1 amide bonds. The molecule has 5 aromatic rings. The average molecular weight is 933 g/mol. The summed E-state index contributed by atoms with van der Waals surface area (Å²) in [6.45, 7) is 6.45. The van der Waals surface area contributed by atoms with Crippen molar-refractivity contribution >= 4 is 48.5 Å². The predicted octanol–water partition coefficient (Wildman–Crippen LogP) is 6.10. The number of amides is 1. The third-order valence-electron chi connectivity index (χ3n) is 8.43. The molecule has 1 heterocycles. The Kier molecular flexibility index (Phi) is 13.8. The quantitative estimate of drug-likeness (QED) is 0.113. The van der Waals surface area contributed by atoms with Crippen LogP contribution >= 0.6 is 22.6 Å². The topological polar surface area (TPSA) is 181 Å². The van der Waals surface area contributed by atoms with Crippen LogP contribution in [0.1, 0.15) is 44.4 Å². The summed E-state index contributed by atoms with van der Waals surface area (Å²) in [5, 5.41) is 15.6. The number of sulfone groups is 1. The van der Waals surface area contributed by atoms with Gasteiger partial charge in [-0.05, 0) is 121 Å². The standard InChI is InChI=1S/C39H45IN6O9S2/c1-26(41-38(47)55-39(2,3)4)25-56(48,49)34-21-20-33(40)35(37-42-44-46(43-37)24-29-12-18-32(54-7)19-13-29)36(34)57(50,51)45(22-27-8-14-30(52-5)15-9-27)23-28-10-16-31(53-6)17-11-28/h8-21,26H,22-25H2,1-7H3,(H,41,47)/t26-/m1/s1. The van der Waals surface area contributed by atoms with E-state index in [0.717, 1.165) is 5.56 Å². The van der Waals surface area contributed by atoms with E-state index in [2.05, 4.69) is 20.7 Å². The van der Waals surface area contributed by atoms with Crippen LogP contribution in [0, 0.1) is 3.57 Å². The maximum atomic E-state index is 15.4. The number of sulfonamides is 1. The second kappa shape index (κ2) is 18.2. The number of nitrogens with one attached hydrogen (secondary N) is 1. The fraction of sp³-hybridized carbons (Fsp3) is 0.333. The van der Waals surface area contributed by atoms with Crippen molar-refractivity contribution in [2.45, 2.75) is 68.8 Å². The van der Waals surface area contributed by atoms with Gasteiger partial charge in [-0.3, -0.25) is 0 Å². The lowest BCUT2D eigenvalue weighted by atomic mass is 10.2. The molecule has 0 aliphatic carbocycles. The maximum absolute atomic E-state index is 15.4. The van der Waals surface area contributed by atoms with E-state index in [0.29, 0.717) is 31.9 Å². The van der Waals surface area contributed by atoms with Crippen molar-refractivity contribution in [1.82, 2.24) is 29.8 Å². The molecule has 4 aromatic carbocycles. The number of alkyl carbamates (subject to hydrolysis) is 1. The Morgan fingerprint density at radius 1 is 0.789 bits per heavy atom. The Labute approximate surface area is 346 Å². The summed E-state index contributed by atoms with van der Waals surface area (Å²) in [6, 6.07) is 22.8. The molecule has 1 N–H and O–H groups in total. The van der Waals surface area contributed by atoms with E-state index in [1.165, 1.54) is 42.4 Å². The molecule has 0 saturated heterocycles. The first-order valence-electron chi connectivity index (χ1n) is 17.6. The van der Waals surface area contributed by atoms with Crippen molar-refractivity contribution in [1.29, 1.82) is 0 Å². The second-order valence-electron chi connectivity index (χ2n) is 14.0. The summed E-state index contributed by atoms with van der Waals surface area (Å²) in [5.74, 6) is 1.07. The number of aromatic nitrogens is 4. The van der Waals surface area contributed by atoms with Crippen molar-refractivity contribution in [2.24, 2.45) is 0 Å². The largest absolute Gasteiger partial charge is 0.497 e. The van der Waals surface area contributed by atoms with Crippen LogP contribution in [-0.2, 0) is 44.2 Å². The summed E-state index contributed by atoms with van der Waals surface area (Å²) in [6.07, 6.45) is -0.816. The van der Waals surface area contributed by atoms with E-state index in [4.69, 9.17) is 18.9 Å². The first-order chi connectivity index (χ1) is 26.9. The number of carbonyl (C=O) groups excluding carboxylic acids is 1. The summed E-state index contributed by atoms with van der Waals surface area (Å²) in [5.41, 5.74) is 1.17. The van der Waals surface area contributed by atoms with Gasteiger partial charge in [0.25, 0.3) is 0 Å². The molecule has 0 bridgehead atoms. The average Bonchev–Trinajstić information content (AvgIpc) is 3.61. The Morgan fingerprint density at radius 3 is 1.75 bits per heavy atom. The number of rotatable bonds is 16. The van der Waals surface area contributed by atoms with Gasteiger partial charge in [-0.15, -0.1) is 10.2 Å². The second-order valence-corrected chi connectivity index (χ2v) is 19.1. The highest BCUT2D eigenvalue weighted by atomic mass is 127. The highest BCUT2D eigenvalue weighted by Gasteiger charge is 2.38. The molecular weight excluding hydrogens is 887 g/mol. The van der Waals surface area contributed by atoms with Crippen LogP contribution in [-0.4, -0.2) is 86.2 Å². The van der Waals surface area contributed by atoms with Crippen LogP contribution in [0.5, 0.6) is 17.2 Å². The van der Waals surface area contributed by atoms with Crippen LogP contribution in [0.15, 0.2) is 94.7 Å². The van der Waals surface area contributed by atoms with Crippen LogP contribution in [0.25, 0.3) is 11.4 Å². The van der Waals surface area contributed by atoms with Crippen molar-refractivity contribution in [3.8, 4) is 28.6 Å². The number of nitrogens with zero attached hydrogens (tertiary/aromatic N) is 5. The molecular formula is C39H45IN6O9S2. The lowest BCUT2D eigenvalue weighted by molar-refractivity contribution is 0.0513. The molecule has 15 nitrogen and oxygen atoms in total. The highest BCUT2D eigenvalue weighted by molar-refractivity contribution is 14.1. The number of methoxy groups -OCH3 is 3. The first kappa shape index (κ1) is 43.3. The minimum absolute atomic E-state index is 0.0418. The van der Waals surface area contributed by atoms with Gasteiger partial charge in [0.05, 0.1) is 44.1 Å². The number of ether oxygens (including phenoxy) is 4. The number of halogens is 1. The molecule has 0 spiro atoms. The van der Waals surface area contributed by atoms with Gasteiger partial charge in [-0.1, -0.05) is 36.4 Å². The van der Waals surface area contributed by atoms with E-state index < -0.39 is 53.1 Å². The zero-order valence-corrected chi connectivity index (χ0v) is 36.4. The molecule has 0 saturated carbocycles. The molecule has 0 unspecified atom stereocenters. The van der Waals surface area contributed by atoms with Crippen molar-refractivity contribution in [3.05, 3.63) is 105 Å². The summed E-state index contributed by atoms with van der Waals surface area (Å²) < 4.78 is 82.5. The maximum Gasteiger partial charge on any atom is 0.407 e. The van der Waals surface area contributed by atoms with Crippen molar-refractivity contribution in [3.63, 3.8) is 0 Å². The molecule has 0 fully saturated rings. The van der Waals surface area contributed by atoms with Crippen LogP contribution in [0.2, 0.25) is 0 Å². The van der Waals surface area contributed by atoms with Gasteiger partial charge in [0.2, 0.25) is 15.8 Å². The van der Waals surface area contributed by atoms with Crippen LogP contribution < -0.4 is 19.5 Å². The Hall–Kier alpha value is -4.79. The minimum Gasteiger partial charge on any atom is -0.497 e. The van der Waals surface area contributed by atoms with Gasteiger partial charge in [0, 0.05) is 22.7 Å². The van der Waals surface area contributed by atoms with Gasteiger partial charge < -0.3 is 24.3 Å². The highest BCUT2D eigenvalue weighted by Crippen LogP contribution is 2.38. The number of hydrogen-bond acceptors (Lipinski definition) is 12. The van der Waals surface area contributed by atoms with E-state index in [1.54, 1.807) is 88.5 Å². The molecule has 0 aliphatic rings. The third-order valence-corrected chi connectivity index (χ3v) is 13.3. The summed E-state index contributed by atoms with van der Waals surface area (Å²) >= 11 is 1.95. The smallest absolute Gasteiger partial charge is 0.407 e. The molecule has 1 atom stereocenters. The van der Waals surface area contributed by atoms with E-state index in [1.807, 2.05) is 34.7 Å². The first-order valence-corrected chi connectivity index (χ1v) is 21.8. The fourth-order valence-electron chi connectivity index (χ4n) is 5.75. The number of benzene rings is 4. The zero-order chi connectivity index (χ0) is 41.5. The monoisotopic (exact) mass is 932 g/mol. The predicted molar refractivity (Wildman–Crippen MR) is 221 cm³/mol. The third kappa shape index (κ3) is 11.2. The SMILES string of the molecule is COc1ccc(CN(Cc2ccc(OC)cc2)S(=O)(=O)c2c(S(=O)(=O)C[C@@H](C)NC(=O)OC(C)(C)C)ccc(I)c2-c2nnn(Cc3ccc(OC)cc3)n2)cc1. The molecule has 0 aliphatic heterocycles. The molecule has 5 rings (SSSR count). The fourth-order valence-corrected chi connectivity index (χ4v) is 10.6. The Morgan fingerprint density at radius 2 is 1.28 bits per heavy atom.